The van der Waals surface area contributed by atoms with Gasteiger partial charge >= 0.3 is 0 Å². The third-order valence-electron chi connectivity index (χ3n) is 7.05. The molecule has 3 N–H and O–H groups in total. The van der Waals surface area contributed by atoms with Gasteiger partial charge in [-0.2, -0.15) is 0 Å². The maximum atomic E-state index is 10.9. The van der Waals surface area contributed by atoms with Crippen molar-refractivity contribution in [3.05, 3.63) is 58.9 Å². The van der Waals surface area contributed by atoms with Crippen molar-refractivity contribution in [2.24, 2.45) is 0 Å². The maximum absolute atomic E-state index is 10.9. The molecular formula is C26H32N4O2S. The van der Waals surface area contributed by atoms with E-state index in [4.69, 9.17) is 15.5 Å². The number of hydrogen-bond acceptors (Lipinski definition) is 7. The van der Waals surface area contributed by atoms with Gasteiger partial charge in [0.15, 0.2) is 11.6 Å². The molecule has 0 atom stereocenters. The summed E-state index contributed by atoms with van der Waals surface area (Å²) in [5, 5.41) is 12.1. The molecule has 33 heavy (non-hydrogen) atoms. The van der Waals surface area contributed by atoms with Crippen LogP contribution in [-0.2, 0) is 12.2 Å². The van der Waals surface area contributed by atoms with E-state index >= 15 is 0 Å². The molecule has 7 heteroatoms. The Hall–Kier alpha value is -2.48. The first-order valence-corrected chi connectivity index (χ1v) is 12.7. The number of nitrogen functional groups attached to an aromatic ring is 1. The number of aliphatic hydroxyl groups is 1. The van der Waals surface area contributed by atoms with Gasteiger partial charge < -0.3 is 20.5 Å². The average molecular weight is 465 g/mol. The number of rotatable bonds is 6. The van der Waals surface area contributed by atoms with Crippen LogP contribution >= 0.6 is 11.3 Å². The monoisotopic (exact) mass is 464 g/mol. The van der Waals surface area contributed by atoms with Gasteiger partial charge in [-0.05, 0) is 69.1 Å². The van der Waals surface area contributed by atoms with Gasteiger partial charge in [-0.15, -0.1) is 11.3 Å². The number of ether oxygens (including phenoxy) is 1. The Labute approximate surface area is 199 Å². The number of aromatic nitrogens is 2. The van der Waals surface area contributed by atoms with E-state index in [1.54, 1.807) is 17.5 Å². The second kappa shape index (κ2) is 9.41. The Morgan fingerprint density at radius 1 is 1.15 bits per heavy atom. The summed E-state index contributed by atoms with van der Waals surface area (Å²) in [5.41, 5.74) is 8.39. The summed E-state index contributed by atoms with van der Waals surface area (Å²) in [4.78, 5) is 12.6. The number of likely N-dealkylation sites (tertiary alicyclic amines) is 1. The number of thiazole rings is 1. The van der Waals surface area contributed by atoms with Crippen LogP contribution in [-0.4, -0.2) is 40.1 Å². The van der Waals surface area contributed by atoms with Crippen LogP contribution in [0.4, 0.5) is 5.82 Å². The van der Waals surface area contributed by atoms with Gasteiger partial charge in [0, 0.05) is 23.9 Å². The molecular weight excluding hydrogens is 432 g/mol. The Kier molecular flexibility index (Phi) is 6.36. The SMILES string of the molecule is CN1CCC(c2ncc(-c3cnc(N)c(OCc4cccc(C5(O)CCCC5)c4)c3)s2)CC1. The van der Waals surface area contributed by atoms with Crippen LogP contribution in [0.5, 0.6) is 5.75 Å². The van der Waals surface area contributed by atoms with Crippen LogP contribution in [0, 0.1) is 0 Å². The Balaban J connectivity index is 1.29. The van der Waals surface area contributed by atoms with Crippen molar-refractivity contribution < 1.29 is 9.84 Å². The molecule has 5 rings (SSSR count). The molecule has 0 radical (unpaired) electrons. The summed E-state index contributed by atoms with van der Waals surface area (Å²) in [7, 11) is 2.18. The minimum atomic E-state index is -0.700. The Bertz CT molecular complexity index is 1100. The number of pyridine rings is 1. The summed E-state index contributed by atoms with van der Waals surface area (Å²) < 4.78 is 6.08. The van der Waals surface area contributed by atoms with E-state index in [-0.39, 0.29) is 0 Å². The maximum Gasteiger partial charge on any atom is 0.166 e. The third-order valence-corrected chi connectivity index (χ3v) is 8.26. The van der Waals surface area contributed by atoms with E-state index in [1.807, 2.05) is 30.5 Å². The molecule has 3 aromatic rings. The summed E-state index contributed by atoms with van der Waals surface area (Å²) in [6.45, 7) is 2.63. The van der Waals surface area contributed by atoms with Gasteiger partial charge in [0.2, 0.25) is 0 Å². The highest BCUT2D eigenvalue weighted by molar-refractivity contribution is 7.15. The smallest absolute Gasteiger partial charge is 0.166 e. The van der Waals surface area contributed by atoms with Crippen LogP contribution in [0.1, 0.15) is 60.6 Å². The molecule has 0 bridgehead atoms. The van der Waals surface area contributed by atoms with Gasteiger partial charge in [-0.25, -0.2) is 9.97 Å². The molecule has 1 aliphatic heterocycles. The summed E-state index contributed by atoms with van der Waals surface area (Å²) in [6.07, 6.45) is 9.85. The minimum Gasteiger partial charge on any atom is -0.485 e. The molecule has 1 saturated carbocycles. The fraction of sp³-hybridized carbons (Fsp3) is 0.462. The van der Waals surface area contributed by atoms with Crippen molar-refractivity contribution in [2.45, 2.75) is 56.7 Å². The lowest BCUT2D eigenvalue weighted by atomic mass is 9.91. The minimum absolute atomic E-state index is 0.378. The van der Waals surface area contributed by atoms with E-state index in [2.05, 4.69) is 23.0 Å². The molecule has 1 aliphatic carbocycles. The lowest BCUT2D eigenvalue weighted by molar-refractivity contribution is 0.0443. The first-order valence-electron chi connectivity index (χ1n) is 11.8. The first kappa shape index (κ1) is 22.3. The van der Waals surface area contributed by atoms with Gasteiger partial charge in [0.05, 0.1) is 15.5 Å². The number of anilines is 1. The standard InChI is InChI=1S/C26H32N4O2S/c1-30-11-7-19(8-12-30)25-29-16-23(33-25)20-14-22(24(27)28-15-20)32-17-18-5-4-6-21(13-18)26(31)9-2-3-10-26/h4-6,13-16,19,31H,2-3,7-12,17H2,1H3,(H2,27,28). The number of nitrogens with two attached hydrogens (primary N) is 1. The molecule has 1 aromatic carbocycles. The second-order valence-corrected chi connectivity index (χ2v) is 10.5. The predicted octanol–water partition coefficient (Wildman–Crippen LogP) is 4.94. The molecule has 0 amide bonds. The van der Waals surface area contributed by atoms with Crippen molar-refractivity contribution in [3.63, 3.8) is 0 Å². The normalized spacial score (nSPS) is 19.1. The number of hydrogen-bond donors (Lipinski definition) is 2. The lowest BCUT2D eigenvalue weighted by Gasteiger charge is -2.27. The largest absolute Gasteiger partial charge is 0.485 e. The van der Waals surface area contributed by atoms with Crippen molar-refractivity contribution in [2.75, 3.05) is 25.9 Å². The fourth-order valence-electron chi connectivity index (χ4n) is 4.93. The Morgan fingerprint density at radius 3 is 2.73 bits per heavy atom. The van der Waals surface area contributed by atoms with Gasteiger partial charge in [0.1, 0.15) is 6.61 Å². The topological polar surface area (TPSA) is 84.5 Å². The quantitative estimate of drug-likeness (QED) is 0.538. The zero-order valence-corrected chi connectivity index (χ0v) is 20.0. The highest BCUT2D eigenvalue weighted by Gasteiger charge is 2.33. The van der Waals surface area contributed by atoms with Gasteiger partial charge in [-0.3, -0.25) is 0 Å². The van der Waals surface area contributed by atoms with Crippen molar-refractivity contribution >= 4 is 17.2 Å². The van der Waals surface area contributed by atoms with Crippen LogP contribution in [0.2, 0.25) is 0 Å². The third kappa shape index (κ3) is 4.90. The fourth-order valence-corrected chi connectivity index (χ4v) is 6.00. The van der Waals surface area contributed by atoms with Crippen LogP contribution in [0.3, 0.4) is 0 Å². The Morgan fingerprint density at radius 2 is 1.94 bits per heavy atom. The van der Waals surface area contributed by atoms with Crippen molar-refractivity contribution in [1.82, 2.24) is 14.9 Å². The molecule has 2 aliphatic rings. The predicted molar refractivity (Wildman–Crippen MR) is 132 cm³/mol. The molecule has 2 fully saturated rings. The molecule has 6 nitrogen and oxygen atoms in total. The lowest BCUT2D eigenvalue weighted by Crippen LogP contribution is -2.29. The van der Waals surface area contributed by atoms with Crippen LogP contribution < -0.4 is 10.5 Å². The summed E-state index contributed by atoms with van der Waals surface area (Å²) in [6, 6.07) is 10.0. The average Bonchev–Trinajstić information content (AvgIpc) is 3.50. The van der Waals surface area contributed by atoms with Crippen LogP contribution in [0.15, 0.2) is 42.7 Å². The number of piperidine rings is 1. The van der Waals surface area contributed by atoms with Crippen molar-refractivity contribution in [3.8, 4) is 16.2 Å². The number of nitrogens with zero attached hydrogens (tertiary/aromatic N) is 3. The summed E-state index contributed by atoms with van der Waals surface area (Å²) in [5.74, 6) is 1.50. The molecule has 1 saturated heterocycles. The van der Waals surface area contributed by atoms with E-state index < -0.39 is 5.60 Å². The van der Waals surface area contributed by atoms with Gasteiger partial charge in [-0.1, -0.05) is 31.0 Å². The molecule has 0 unspecified atom stereocenters. The van der Waals surface area contributed by atoms with Crippen LogP contribution in [0.25, 0.3) is 10.4 Å². The molecule has 174 valence electrons. The van der Waals surface area contributed by atoms with Gasteiger partial charge in [0.25, 0.3) is 0 Å². The highest BCUT2D eigenvalue weighted by atomic mass is 32.1. The zero-order chi connectivity index (χ0) is 22.8. The highest BCUT2D eigenvalue weighted by Crippen LogP contribution is 2.39. The van der Waals surface area contributed by atoms with E-state index in [9.17, 15) is 5.11 Å². The van der Waals surface area contributed by atoms with E-state index in [0.717, 1.165) is 73.2 Å². The number of benzene rings is 1. The molecule has 0 spiro atoms. The van der Waals surface area contributed by atoms with E-state index in [0.29, 0.717) is 24.1 Å². The van der Waals surface area contributed by atoms with E-state index in [1.165, 1.54) is 5.01 Å². The summed E-state index contributed by atoms with van der Waals surface area (Å²) >= 11 is 1.74. The second-order valence-electron chi connectivity index (χ2n) is 9.48. The zero-order valence-electron chi connectivity index (χ0n) is 19.2. The first-order chi connectivity index (χ1) is 16.0. The van der Waals surface area contributed by atoms with Crippen molar-refractivity contribution in [1.29, 1.82) is 0 Å². The molecule has 2 aromatic heterocycles. The molecule has 3 heterocycles.